The van der Waals surface area contributed by atoms with Crippen LogP contribution in [-0.2, 0) is 0 Å². The summed E-state index contributed by atoms with van der Waals surface area (Å²) in [4.78, 5) is 0. The minimum absolute atomic E-state index is 0.845. The van der Waals surface area contributed by atoms with E-state index in [0.29, 0.717) is 0 Å². The van der Waals surface area contributed by atoms with E-state index < -0.39 is 0 Å². The summed E-state index contributed by atoms with van der Waals surface area (Å²) in [5.74, 6) is 0. The SMILES string of the molecule is Cc1ccc(N)c(C)c1Br. The van der Waals surface area contributed by atoms with E-state index in [1.54, 1.807) is 0 Å². The zero-order chi connectivity index (χ0) is 7.72. The molecule has 0 saturated heterocycles. The summed E-state index contributed by atoms with van der Waals surface area (Å²) < 4.78 is 1.12. The molecule has 0 atom stereocenters. The first-order valence-electron chi connectivity index (χ1n) is 3.14. The van der Waals surface area contributed by atoms with Crippen LogP contribution in [0, 0.1) is 13.8 Å². The van der Waals surface area contributed by atoms with Gasteiger partial charge in [-0.2, -0.15) is 0 Å². The normalized spacial score (nSPS) is 9.90. The summed E-state index contributed by atoms with van der Waals surface area (Å²) in [7, 11) is 0. The summed E-state index contributed by atoms with van der Waals surface area (Å²) in [5.41, 5.74) is 8.86. The Labute approximate surface area is 69.4 Å². The fraction of sp³-hybridized carbons (Fsp3) is 0.250. The van der Waals surface area contributed by atoms with Gasteiger partial charge in [0.05, 0.1) is 0 Å². The molecule has 1 aromatic rings. The van der Waals surface area contributed by atoms with E-state index in [-0.39, 0.29) is 0 Å². The van der Waals surface area contributed by atoms with Crippen molar-refractivity contribution in [2.75, 3.05) is 5.73 Å². The van der Waals surface area contributed by atoms with Crippen LogP contribution < -0.4 is 5.73 Å². The van der Waals surface area contributed by atoms with Crippen LogP contribution in [0.25, 0.3) is 0 Å². The average molecular weight is 200 g/mol. The third-order valence-corrected chi connectivity index (χ3v) is 2.84. The van der Waals surface area contributed by atoms with Crippen LogP contribution >= 0.6 is 15.9 Å². The summed E-state index contributed by atoms with van der Waals surface area (Å²) >= 11 is 3.45. The monoisotopic (exact) mass is 199 g/mol. The Bertz CT molecular complexity index is 229. The van der Waals surface area contributed by atoms with Gasteiger partial charge in [0.2, 0.25) is 0 Å². The molecule has 10 heavy (non-hydrogen) atoms. The summed E-state index contributed by atoms with van der Waals surface area (Å²) in [6.07, 6.45) is 0. The topological polar surface area (TPSA) is 26.0 Å². The van der Waals surface area contributed by atoms with Crippen LogP contribution in [0.15, 0.2) is 16.6 Å². The van der Waals surface area contributed by atoms with Gasteiger partial charge in [-0.1, -0.05) is 22.0 Å². The minimum Gasteiger partial charge on any atom is -0.398 e. The van der Waals surface area contributed by atoms with Crippen LogP contribution in [0.3, 0.4) is 0 Å². The van der Waals surface area contributed by atoms with Gasteiger partial charge in [-0.3, -0.25) is 0 Å². The smallest absolute Gasteiger partial charge is 0.0355 e. The number of halogens is 1. The lowest BCUT2D eigenvalue weighted by atomic mass is 10.1. The lowest BCUT2D eigenvalue weighted by Crippen LogP contribution is -1.91. The summed E-state index contributed by atoms with van der Waals surface area (Å²) in [6.45, 7) is 4.06. The molecule has 0 fully saturated rings. The predicted molar refractivity (Wildman–Crippen MR) is 48.0 cm³/mol. The number of rotatable bonds is 0. The first-order chi connectivity index (χ1) is 4.63. The Kier molecular flexibility index (Phi) is 2.00. The molecule has 1 aromatic carbocycles. The number of nitrogen functional groups attached to an aromatic ring is 1. The van der Waals surface area contributed by atoms with Gasteiger partial charge in [-0.15, -0.1) is 0 Å². The predicted octanol–water partition coefficient (Wildman–Crippen LogP) is 2.65. The molecule has 1 rings (SSSR count). The van der Waals surface area contributed by atoms with Crippen molar-refractivity contribution >= 4 is 21.6 Å². The van der Waals surface area contributed by atoms with E-state index in [9.17, 15) is 0 Å². The maximum atomic E-state index is 5.66. The zero-order valence-electron chi connectivity index (χ0n) is 6.11. The van der Waals surface area contributed by atoms with Crippen LogP contribution in [0.4, 0.5) is 5.69 Å². The van der Waals surface area contributed by atoms with E-state index >= 15 is 0 Å². The van der Waals surface area contributed by atoms with Gasteiger partial charge in [-0.05, 0) is 31.0 Å². The summed E-state index contributed by atoms with van der Waals surface area (Å²) in [5, 5.41) is 0. The second-order valence-electron chi connectivity index (χ2n) is 2.41. The van der Waals surface area contributed by atoms with Gasteiger partial charge in [0.25, 0.3) is 0 Å². The van der Waals surface area contributed by atoms with Crippen molar-refractivity contribution in [3.63, 3.8) is 0 Å². The molecule has 0 aliphatic rings. The number of nitrogens with two attached hydrogens (primary N) is 1. The molecule has 2 heteroatoms. The molecule has 0 aliphatic heterocycles. The molecule has 0 saturated carbocycles. The van der Waals surface area contributed by atoms with Gasteiger partial charge in [0.15, 0.2) is 0 Å². The number of anilines is 1. The molecule has 0 radical (unpaired) electrons. The highest BCUT2D eigenvalue weighted by Gasteiger charge is 2.00. The van der Waals surface area contributed by atoms with Gasteiger partial charge >= 0.3 is 0 Å². The third-order valence-electron chi connectivity index (χ3n) is 1.62. The van der Waals surface area contributed by atoms with Crippen LogP contribution in [0.5, 0.6) is 0 Å². The Morgan fingerprint density at radius 3 is 2.40 bits per heavy atom. The van der Waals surface area contributed by atoms with Crippen LogP contribution in [-0.4, -0.2) is 0 Å². The molecule has 2 N–H and O–H groups in total. The standard InChI is InChI=1S/C8H10BrN/c1-5-3-4-7(10)6(2)8(5)9/h3-4H,10H2,1-2H3. The quantitative estimate of drug-likeness (QED) is 0.640. The molecule has 0 heterocycles. The van der Waals surface area contributed by atoms with E-state index in [2.05, 4.69) is 22.9 Å². The van der Waals surface area contributed by atoms with Crippen LogP contribution in [0.1, 0.15) is 11.1 Å². The second-order valence-corrected chi connectivity index (χ2v) is 3.20. The van der Waals surface area contributed by atoms with E-state index in [0.717, 1.165) is 15.7 Å². The number of hydrogen-bond donors (Lipinski definition) is 1. The lowest BCUT2D eigenvalue weighted by Gasteiger charge is -2.04. The highest BCUT2D eigenvalue weighted by molar-refractivity contribution is 9.10. The largest absolute Gasteiger partial charge is 0.398 e. The first-order valence-corrected chi connectivity index (χ1v) is 3.93. The van der Waals surface area contributed by atoms with Gasteiger partial charge in [0.1, 0.15) is 0 Å². The molecular weight excluding hydrogens is 190 g/mol. The molecule has 0 aliphatic carbocycles. The van der Waals surface area contributed by atoms with Gasteiger partial charge in [0, 0.05) is 10.2 Å². The van der Waals surface area contributed by atoms with Crippen molar-refractivity contribution in [2.24, 2.45) is 0 Å². The van der Waals surface area contributed by atoms with Crippen molar-refractivity contribution in [1.82, 2.24) is 0 Å². The highest BCUT2D eigenvalue weighted by Crippen LogP contribution is 2.24. The van der Waals surface area contributed by atoms with Crippen molar-refractivity contribution < 1.29 is 0 Å². The van der Waals surface area contributed by atoms with Gasteiger partial charge in [-0.25, -0.2) is 0 Å². The Morgan fingerprint density at radius 1 is 1.30 bits per heavy atom. The second kappa shape index (κ2) is 2.62. The maximum absolute atomic E-state index is 5.66. The maximum Gasteiger partial charge on any atom is 0.0355 e. The molecule has 1 nitrogen and oxygen atoms in total. The van der Waals surface area contributed by atoms with Crippen molar-refractivity contribution in [1.29, 1.82) is 0 Å². The lowest BCUT2D eigenvalue weighted by molar-refractivity contribution is 1.35. The average Bonchev–Trinajstić information content (AvgIpc) is 1.93. The number of hydrogen-bond acceptors (Lipinski definition) is 1. The Balaban J connectivity index is 3.34. The van der Waals surface area contributed by atoms with Crippen molar-refractivity contribution in [3.8, 4) is 0 Å². The molecule has 54 valence electrons. The zero-order valence-corrected chi connectivity index (χ0v) is 7.70. The third kappa shape index (κ3) is 1.16. The molecule has 0 spiro atoms. The number of aryl methyl sites for hydroxylation is 1. The molecular formula is C8H10BrN. The molecule has 0 amide bonds. The minimum atomic E-state index is 0.845. The summed E-state index contributed by atoms with van der Waals surface area (Å²) in [6, 6.07) is 3.93. The molecule has 0 aromatic heterocycles. The van der Waals surface area contributed by atoms with Crippen molar-refractivity contribution in [2.45, 2.75) is 13.8 Å². The fourth-order valence-corrected chi connectivity index (χ4v) is 1.20. The Morgan fingerprint density at radius 2 is 1.90 bits per heavy atom. The van der Waals surface area contributed by atoms with E-state index in [1.165, 1.54) is 5.56 Å². The molecule has 0 bridgehead atoms. The Hall–Kier alpha value is -0.500. The van der Waals surface area contributed by atoms with Gasteiger partial charge < -0.3 is 5.73 Å². The molecule has 0 unspecified atom stereocenters. The van der Waals surface area contributed by atoms with E-state index in [1.807, 2.05) is 19.1 Å². The van der Waals surface area contributed by atoms with Crippen molar-refractivity contribution in [3.05, 3.63) is 27.7 Å². The van der Waals surface area contributed by atoms with E-state index in [4.69, 9.17) is 5.73 Å². The van der Waals surface area contributed by atoms with Crippen LogP contribution in [0.2, 0.25) is 0 Å². The highest BCUT2D eigenvalue weighted by atomic mass is 79.9. The number of benzene rings is 1. The first kappa shape index (κ1) is 7.61. The fourth-order valence-electron chi connectivity index (χ4n) is 0.835.